The van der Waals surface area contributed by atoms with Crippen molar-refractivity contribution in [2.45, 2.75) is 13.2 Å². The van der Waals surface area contributed by atoms with Crippen molar-refractivity contribution in [3.63, 3.8) is 0 Å². The number of aromatic nitrogens is 3. The molecule has 7 nitrogen and oxygen atoms in total. The summed E-state index contributed by atoms with van der Waals surface area (Å²) in [5.74, 6) is 1.16. The zero-order chi connectivity index (χ0) is 18.5. The molecule has 0 saturated carbocycles. The fourth-order valence-electron chi connectivity index (χ4n) is 2.43. The number of oxazole rings is 1. The summed E-state index contributed by atoms with van der Waals surface area (Å²) in [7, 11) is 0. The number of rotatable bonds is 7. The normalized spacial score (nSPS) is 10.7. The molecule has 0 bridgehead atoms. The summed E-state index contributed by atoms with van der Waals surface area (Å²) in [6.07, 6.45) is 6.58. The molecule has 0 saturated heterocycles. The van der Waals surface area contributed by atoms with Crippen molar-refractivity contribution in [2.75, 3.05) is 5.32 Å². The van der Waals surface area contributed by atoms with Gasteiger partial charge in [-0.25, -0.2) is 9.97 Å². The van der Waals surface area contributed by atoms with E-state index in [1.165, 1.54) is 0 Å². The van der Waals surface area contributed by atoms with Gasteiger partial charge in [-0.3, -0.25) is 4.79 Å². The summed E-state index contributed by atoms with van der Waals surface area (Å²) in [5.41, 5.74) is 1.42. The number of anilines is 1. The first kappa shape index (κ1) is 17.0. The second-order valence-corrected chi connectivity index (χ2v) is 6.67. The highest BCUT2D eigenvalue weighted by Crippen LogP contribution is 2.24. The molecular formula is C19H16N4O3S. The first-order valence-corrected chi connectivity index (χ1v) is 9.11. The van der Waals surface area contributed by atoms with Crippen LogP contribution in [0.15, 0.2) is 71.2 Å². The molecular weight excluding hydrogens is 364 g/mol. The molecule has 3 heterocycles. The number of imidazole rings is 1. The van der Waals surface area contributed by atoms with Crippen LogP contribution in [-0.2, 0) is 17.9 Å². The standard InChI is InChI=1S/C19H16N4O3S/c24-18(10-23-8-7-20-13-23)21-14-3-5-16(6-4-14)25-11-15-12-26-19(22-15)17-2-1-9-27-17/h1-9,12-13H,10-11H2,(H,21,24). The van der Waals surface area contributed by atoms with Gasteiger partial charge in [0.2, 0.25) is 11.8 Å². The summed E-state index contributed by atoms with van der Waals surface area (Å²) < 4.78 is 12.9. The smallest absolute Gasteiger partial charge is 0.244 e. The minimum absolute atomic E-state index is 0.120. The molecule has 0 radical (unpaired) electrons. The van der Waals surface area contributed by atoms with Crippen LogP contribution in [0.3, 0.4) is 0 Å². The van der Waals surface area contributed by atoms with E-state index in [0.717, 1.165) is 10.6 Å². The second kappa shape index (κ2) is 7.88. The first-order chi connectivity index (χ1) is 13.3. The Hall–Kier alpha value is -3.39. The molecule has 3 aromatic heterocycles. The third-order valence-corrected chi connectivity index (χ3v) is 4.55. The number of nitrogens with zero attached hydrogens (tertiary/aromatic N) is 3. The predicted octanol–water partition coefficient (Wildman–Crippen LogP) is 3.82. The Balaban J connectivity index is 1.29. The maximum absolute atomic E-state index is 12.0. The molecule has 0 fully saturated rings. The molecule has 1 amide bonds. The van der Waals surface area contributed by atoms with Crippen molar-refractivity contribution in [1.82, 2.24) is 14.5 Å². The third-order valence-electron chi connectivity index (χ3n) is 3.69. The zero-order valence-electron chi connectivity index (χ0n) is 14.2. The highest BCUT2D eigenvalue weighted by molar-refractivity contribution is 7.13. The van der Waals surface area contributed by atoms with E-state index < -0.39 is 0 Å². The number of carbonyl (C=O) groups excluding carboxylic acids is 1. The van der Waals surface area contributed by atoms with E-state index in [1.54, 1.807) is 65.2 Å². The lowest BCUT2D eigenvalue weighted by atomic mass is 10.3. The van der Waals surface area contributed by atoms with Crippen molar-refractivity contribution < 1.29 is 13.9 Å². The van der Waals surface area contributed by atoms with Gasteiger partial charge in [-0.2, -0.15) is 0 Å². The average Bonchev–Trinajstić information content (AvgIpc) is 3.43. The van der Waals surface area contributed by atoms with E-state index in [4.69, 9.17) is 9.15 Å². The minimum atomic E-state index is -0.120. The number of thiophene rings is 1. The SMILES string of the molecule is O=C(Cn1ccnc1)Nc1ccc(OCc2coc(-c3cccs3)n2)cc1. The highest BCUT2D eigenvalue weighted by atomic mass is 32.1. The van der Waals surface area contributed by atoms with Gasteiger partial charge < -0.3 is 19.0 Å². The summed E-state index contributed by atoms with van der Waals surface area (Å²) in [6, 6.07) is 11.1. The maximum Gasteiger partial charge on any atom is 0.244 e. The fraction of sp³-hybridized carbons (Fsp3) is 0.105. The van der Waals surface area contributed by atoms with Gasteiger partial charge in [-0.1, -0.05) is 6.07 Å². The lowest BCUT2D eigenvalue weighted by molar-refractivity contribution is -0.116. The largest absolute Gasteiger partial charge is 0.487 e. The molecule has 27 heavy (non-hydrogen) atoms. The predicted molar refractivity (Wildman–Crippen MR) is 101 cm³/mol. The number of carbonyl (C=O) groups is 1. The van der Waals surface area contributed by atoms with E-state index in [9.17, 15) is 4.79 Å². The summed E-state index contributed by atoms with van der Waals surface area (Å²) in [4.78, 5) is 21.3. The number of hydrogen-bond donors (Lipinski definition) is 1. The topological polar surface area (TPSA) is 82.2 Å². The van der Waals surface area contributed by atoms with Crippen LogP contribution in [0.5, 0.6) is 5.75 Å². The lowest BCUT2D eigenvalue weighted by Gasteiger charge is -2.08. The quantitative estimate of drug-likeness (QED) is 0.527. The molecule has 0 spiro atoms. The van der Waals surface area contributed by atoms with Gasteiger partial charge in [0.15, 0.2) is 0 Å². The molecule has 0 atom stereocenters. The van der Waals surface area contributed by atoms with Crippen LogP contribution in [-0.4, -0.2) is 20.4 Å². The molecule has 0 unspecified atom stereocenters. The van der Waals surface area contributed by atoms with Crippen molar-refractivity contribution >= 4 is 22.9 Å². The van der Waals surface area contributed by atoms with E-state index in [-0.39, 0.29) is 12.5 Å². The second-order valence-electron chi connectivity index (χ2n) is 5.72. The number of nitrogens with one attached hydrogen (secondary N) is 1. The highest BCUT2D eigenvalue weighted by Gasteiger charge is 2.08. The fourth-order valence-corrected chi connectivity index (χ4v) is 3.08. The van der Waals surface area contributed by atoms with Crippen LogP contribution in [0, 0.1) is 0 Å². The Morgan fingerprint density at radius 3 is 2.89 bits per heavy atom. The molecule has 0 aliphatic rings. The molecule has 0 aliphatic carbocycles. The molecule has 8 heteroatoms. The van der Waals surface area contributed by atoms with E-state index in [1.807, 2.05) is 17.5 Å². The number of hydrogen-bond acceptors (Lipinski definition) is 6. The van der Waals surface area contributed by atoms with Crippen LogP contribution in [0.1, 0.15) is 5.69 Å². The zero-order valence-corrected chi connectivity index (χ0v) is 15.1. The van der Waals surface area contributed by atoms with Gasteiger partial charge in [-0.05, 0) is 35.7 Å². The Morgan fingerprint density at radius 2 is 2.15 bits per heavy atom. The van der Waals surface area contributed by atoms with Crippen molar-refractivity contribution in [2.24, 2.45) is 0 Å². The monoisotopic (exact) mass is 380 g/mol. The molecule has 4 rings (SSSR count). The Kier molecular flexibility index (Phi) is 4.97. The van der Waals surface area contributed by atoms with Crippen LogP contribution in [0.25, 0.3) is 10.8 Å². The Bertz CT molecular complexity index is 992. The van der Waals surface area contributed by atoms with E-state index >= 15 is 0 Å². The first-order valence-electron chi connectivity index (χ1n) is 8.23. The number of ether oxygens (including phenoxy) is 1. The molecule has 0 aliphatic heterocycles. The summed E-state index contributed by atoms with van der Waals surface area (Å²) in [6.45, 7) is 0.526. The van der Waals surface area contributed by atoms with Gasteiger partial charge in [0.05, 0.1) is 11.2 Å². The summed E-state index contributed by atoms with van der Waals surface area (Å²) in [5, 5.41) is 4.81. The van der Waals surface area contributed by atoms with Crippen LogP contribution in [0.2, 0.25) is 0 Å². The Labute approximate surface area is 159 Å². The molecule has 1 aromatic carbocycles. The summed E-state index contributed by atoms with van der Waals surface area (Å²) >= 11 is 1.57. The average molecular weight is 380 g/mol. The van der Waals surface area contributed by atoms with E-state index in [0.29, 0.717) is 23.9 Å². The number of amides is 1. The van der Waals surface area contributed by atoms with Crippen molar-refractivity contribution in [3.05, 3.63) is 72.5 Å². The van der Waals surface area contributed by atoms with Crippen molar-refractivity contribution in [1.29, 1.82) is 0 Å². The Morgan fingerprint density at radius 1 is 1.26 bits per heavy atom. The molecule has 1 N–H and O–H groups in total. The minimum Gasteiger partial charge on any atom is -0.487 e. The number of benzene rings is 1. The molecule has 4 aromatic rings. The third kappa shape index (κ3) is 4.42. The van der Waals surface area contributed by atoms with Crippen LogP contribution >= 0.6 is 11.3 Å². The van der Waals surface area contributed by atoms with Gasteiger partial charge in [0.1, 0.15) is 30.9 Å². The van der Waals surface area contributed by atoms with Crippen LogP contribution in [0.4, 0.5) is 5.69 Å². The van der Waals surface area contributed by atoms with Gasteiger partial charge in [0.25, 0.3) is 0 Å². The molecule has 136 valence electrons. The van der Waals surface area contributed by atoms with Gasteiger partial charge in [0, 0.05) is 18.1 Å². The van der Waals surface area contributed by atoms with Gasteiger partial charge >= 0.3 is 0 Å². The van der Waals surface area contributed by atoms with Gasteiger partial charge in [-0.15, -0.1) is 11.3 Å². The van der Waals surface area contributed by atoms with Crippen molar-refractivity contribution in [3.8, 4) is 16.5 Å². The maximum atomic E-state index is 12.0. The lowest BCUT2D eigenvalue weighted by Crippen LogP contribution is -2.17. The van der Waals surface area contributed by atoms with Crippen LogP contribution < -0.4 is 10.1 Å². The van der Waals surface area contributed by atoms with E-state index in [2.05, 4.69) is 15.3 Å².